The van der Waals surface area contributed by atoms with Crippen molar-refractivity contribution in [1.29, 1.82) is 0 Å². The number of nitrogens with two attached hydrogens (primary N) is 1. The number of hydrogen-bond acceptors (Lipinski definition) is 10. The van der Waals surface area contributed by atoms with E-state index in [0.717, 1.165) is 6.08 Å². The minimum absolute atomic E-state index is 0.0919. The lowest BCUT2D eigenvalue weighted by Gasteiger charge is -2.30. The summed E-state index contributed by atoms with van der Waals surface area (Å²) in [6.45, 7) is 7.12. The van der Waals surface area contributed by atoms with Gasteiger partial charge in [-0.05, 0) is 44.6 Å². The van der Waals surface area contributed by atoms with Gasteiger partial charge in [-0.25, -0.2) is 4.79 Å². The fourth-order valence-electron chi connectivity index (χ4n) is 5.07. The average molecular weight is 604 g/mol. The molecule has 2 aliphatic rings. The quantitative estimate of drug-likeness (QED) is 0.163. The van der Waals surface area contributed by atoms with Crippen molar-refractivity contribution in [3.63, 3.8) is 0 Å². The summed E-state index contributed by atoms with van der Waals surface area (Å²) < 4.78 is 16.6. The van der Waals surface area contributed by atoms with Crippen LogP contribution in [0.4, 0.5) is 4.79 Å². The van der Waals surface area contributed by atoms with Gasteiger partial charge in [0, 0.05) is 50.5 Å². The maximum atomic E-state index is 13.6. The summed E-state index contributed by atoms with van der Waals surface area (Å²) in [7, 11) is 2.90. The third kappa shape index (κ3) is 9.99. The van der Waals surface area contributed by atoms with E-state index >= 15 is 0 Å². The zero-order valence-corrected chi connectivity index (χ0v) is 25.7. The minimum Gasteiger partial charge on any atom is -0.439 e. The Balaban J connectivity index is 2.61. The Morgan fingerprint density at radius 3 is 2.47 bits per heavy atom. The standard InChI is InChI=1S/C31H45N3O9/c1-17-13-21-26(33-11-8-12-35)23(36)16-22(28(21)38)34-30(39)18(2)9-7-10-24(41-5)29(43-31(32)40)20(4)15-19(3)27(37)25(14-17)42-6/h7,9-10,15-17,19,24-25,27,29,33,35,37H,8,11-14H2,1-6H3,(H2,32,40)(H,34,39)/b10-7-,18-9+,20-15+/t17-,19+,24+,25+,27-,29+/m1/s1. The van der Waals surface area contributed by atoms with E-state index in [1.54, 1.807) is 32.1 Å². The molecule has 0 aromatic rings. The number of aliphatic hydroxyl groups is 2. The number of fused-ring (bicyclic) bond motifs is 2. The number of Topliss-reactive ketones (excluding diaryl/α,β-unsaturated/α-hetero) is 1. The molecule has 0 unspecified atom stereocenters. The van der Waals surface area contributed by atoms with Crippen LogP contribution in [0.25, 0.3) is 0 Å². The van der Waals surface area contributed by atoms with Gasteiger partial charge in [-0.2, -0.15) is 0 Å². The number of hydrogen-bond donors (Lipinski definition) is 5. The van der Waals surface area contributed by atoms with Gasteiger partial charge >= 0.3 is 6.09 Å². The summed E-state index contributed by atoms with van der Waals surface area (Å²) in [5, 5.41) is 26.0. The van der Waals surface area contributed by atoms with Crippen molar-refractivity contribution in [3.05, 3.63) is 58.5 Å². The number of aliphatic hydroxyl groups excluding tert-OH is 2. The molecule has 0 aromatic carbocycles. The minimum atomic E-state index is -1.01. The first-order valence-corrected chi connectivity index (χ1v) is 14.3. The number of allylic oxidation sites excluding steroid dienone is 4. The number of ether oxygens (including phenoxy) is 3. The van der Waals surface area contributed by atoms with Gasteiger partial charge in [0.05, 0.1) is 23.6 Å². The van der Waals surface area contributed by atoms with Crippen molar-refractivity contribution in [1.82, 2.24) is 10.6 Å². The topological polar surface area (TPSA) is 187 Å². The second-order valence-electron chi connectivity index (χ2n) is 10.9. The van der Waals surface area contributed by atoms with E-state index in [4.69, 9.17) is 19.9 Å². The molecule has 0 fully saturated rings. The van der Waals surface area contributed by atoms with Gasteiger partial charge in [-0.1, -0.05) is 38.2 Å². The molecule has 0 spiro atoms. The molecular weight excluding hydrogens is 558 g/mol. The molecule has 2 rings (SSSR count). The molecule has 0 saturated heterocycles. The molecule has 0 radical (unpaired) electrons. The number of nitrogens with one attached hydrogen (secondary N) is 2. The summed E-state index contributed by atoms with van der Waals surface area (Å²) in [6, 6.07) is 0. The Morgan fingerprint density at radius 2 is 1.86 bits per heavy atom. The van der Waals surface area contributed by atoms with Crippen LogP contribution >= 0.6 is 0 Å². The lowest BCUT2D eigenvalue weighted by molar-refractivity contribution is -0.120. The molecule has 238 valence electrons. The summed E-state index contributed by atoms with van der Waals surface area (Å²) in [5.74, 6) is -2.25. The van der Waals surface area contributed by atoms with E-state index in [2.05, 4.69) is 10.6 Å². The van der Waals surface area contributed by atoms with Gasteiger partial charge in [-0.3, -0.25) is 14.4 Å². The Hall–Kier alpha value is -3.58. The smallest absolute Gasteiger partial charge is 0.405 e. The summed E-state index contributed by atoms with van der Waals surface area (Å²) >= 11 is 0. The van der Waals surface area contributed by atoms with E-state index in [0.29, 0.717) is 18.4 Å². The van der Waals surface area contributed by atoms with Crippen LogP contribution in [0, 0.1) is 11.8 Å². The zero-order chi connectivity index (χ0) is 32.3. The molecule has 6 atom stereocenters. The summed E-state index contributed by atoms with van der Waals surface area (Å²) in [5.41, 5.74) is 6.32. The average Bonchev–Trinajstić information content (AvgIpc) is 2.95. The molecular formula is C31H45N3O9. The van der Waals surface area contributed by atoms with Gasteiger partial charge in [-0.15, -0.1) is 0 Å². The van der Waals surface area contributed by atoms with Crippen LogP contribution in [0.1, 0.15) is 47.0 Å². The van der Waals surface area contributed by atoms with Gasteiger partial charge in [0.2, 0.25) is 11.6 Å². The predicted octanol–water partition coefficient (Wildman–Crippen LogP) is 1.73. The Morgan fingerprint density at radius 1 is 1.16 bits per heavy atom. The third-order valence-corrected chi connectivity index (χ3v) is 7.43. The van der Waals surface area contributed by atoms with Crippen LogP contribution in [0.2, 0.25) is 0 Å². The summed E-state index contributed by atoms with van der Waals surface area (Å²) in [4.78, 5) is 51.4. The van der Waals surface area contributed by atoms with Crippen molar-refractivity contribution in [2.45, 2.75) is 71.4 Å². The zero-order valence-electron chi connectivity index (χ0n) is 25.7. The maximum Gasteiger partial charge on any atom is 0.405 e. The molecule has 43 heavy (non-hydrogen) atoms. The van der Waals surface area contributed by atoms with Crippen molar-refractivity contribution in [2.24, 2.45) is 17.6 Å². The van der Waals surface area contributed by atoms with Gasteiger partial charge < -0.3 is 40.8 Å². The van der Waals surface area contributed by atoms with Crippen LogP contribution in [0.3, 0.4) is 0 Å². The normalized spacial score (nSPS) is 31.3. The second-order valence-corrected chi connectivity index (χ2v) is 10.9. The highest BCUT2D eigenvalue weighted by Crippen LogP contribution is 2.28. The van der Waals surface area contributed by atoms with E-state index in [9.17, 15) is 29.4 Å². The molecule has 1 aliphatic carbocycles. The highest BCUT2D eigenvalue weighted by Gasteiger charge is 2.33. The molecule has 0 aromatic heterocycles. The lowest BCUT2D eigenvalue weighted by Crippen LogP contribution is -2.38. The third-order valence-electron chi connectivity index (χ3n) is 7.43. The van der Waals surface area contributed by atoms with Crippen molar-refractivity contribution < 1.29 is 43.6 Å². The number of rotatable bonds is 7. The van der Waals surface area contributed by atoms with E-state index in [1.165, 1.54) is 27.2 Å². The highest BCUT2D eigenvalue weighted by molar-refractivity contribution is 6.23. The molecule has 2 amide bonds. The molecule has 12 nitrogen and oxygen atoms in total. The molecule has 12 heteroatoms. The molecule has 6 N–H and O–H groups in total. The highest BCUT2D eigenvalue weighted by atomic mass is 16.6. The van der Waals surface area contributed by atoms with Crippen molar-refractivity contribution in [3.8, 4) is 0 Å². The van der Waals surface area contributed by atoms with Crippen LogP contribution in [0.5, 0.6) is 0 Å². The Bertz CT molecular complexity index is 1200. The summed E-state index contributed by atoms with van der Waals surface area (Å²) in [6.07, 6.45) is 3.98. The van der Waals surface area contributed by atoms with Gasteiger partial charge in [0.15, 0.2) is 6.10 Å². The first-order chi connectivity index (χ1) is 20.3. The number of primary amides is 1. The molecule has 1 aliphatic heterocycles. The molecule has 0 saturated carbocycles. The van der Waals surface area contributed by atoms with Gasteiger partial charge in [0.1, 0.15) is 6.10 Å². The molecule has 2 bridgehead atoms. The SMILES string of the molecule is CO[C@H]1/C=C\C=C(/C)C(=O)NC2=CC(=O)C(NCCCO)=C(C[C@@H](C)C[C@H](OC)[C@H](O)[C@@H](C)/C=C(\C)[C@@H]1OC(N)=O)C2=O. The van der Waals surface area contributed by atoms with E-state index in [-0.39, 0.29) is 48.0 Å². The van der Waals surface area contributed by atoms with E-state index in [1.807, 2.05) is 6.92 Å². The number of carbonyl (C=O) groups excluding carboxylic acids is 4. The van der Waals surface area contributed by atoms with Crippen molar-refractivity contribution in [2.75, 3.05) is 27.4 Å². The number of ketones is 2. The van der Waals surface area contributed by atoms with E-state index < -0.39 is 53.9 Å². The number of methoxy groups -OCH3 is 2. The monoisotopic (exact) mass is 603 g/mol. The molecule has 1 heterocycles. The predicted molar refractivity (Wildman–Crippen MR) is 159 cm³/mol. The second kappa shape index (κ2) is 16.9. The fraction of sp³-hybridized carbons (Fsp3) is 0.548. The maximum absolute atomic E-state index is 13.6. The largest absolute Gasteiger partial charge is 0.439 e. The van der Waals surface area contributed by atoms with Crippen LogP contribution in [0.15, 0.2) is 58.5 Å². The van der Waals surface area contributed by atoms with Crippen LogP contribution < -0.4 is 16.4 Å². The fourth-order valence-corrected chi connectivity index (χ4v) is 5.07. The first-order valence-electron chi connectivity index (χ1n) is 14.3. The van der Waals surface area contributed by atoms with Crippen molar-refractivity contribution >= 4 is 23.6 Å². The Kier molecular flexibility index (Phi) is 14.0. The van der Waals surface area contributed by atoms with Gasteiger partial charge in [0.25, 0.3) is 5.91 Å². The Labute approximate surface area is 252 Å². The number of carbonyl (C=O) groups is 4. The first kappa shape index (κ1) is 35.6. The van der Waals surface area contributed by atoms with Crippen LogP contribution in [-0.4, -0.2) is 85.6 Å². The van der Waals surface area contributed by atoms with Crippen LogP contribution in [-0.2, 0) is 28.6 Å². The lowest BCUT2D eigenvalue weighted by atomic mass is 9.85. The number of amides is 2.